The van der Waals surface area contributed by atoms with E-state index in [2.05, 4.69) is 5.32 Å². The van der Waals surface area contributed by atoms with Crippen LogP contribution in [-0.4, -0.2) is 20.6 Å². The molecule has 0 fully saturated rings. The van der Waals surface area contributed by atoms with Crippen molar-refractivity contribution in [3.8, 4) is 0 Å². The molecule has 1 aromatic rings. The molecule has 0 unspecified atom stereocenters. The highest BCUT2D eigenvalue weighted by Gasteiger charge is 2.03. The van der Waals surface area contributed by atoms with Crippen molar-refractivity contribution in [2.45, 2.75) is 13.5 Å². The van der Waals surface area contributed by atoms with E-state index in [9.17, 15) is 4.39 Å². The van der Waals surface area contributed by atoms with Crippen LogP contribution in [0, 0.1) is 5.82 Å². The third-order valence-corrected chi connectivity index (χ3v) is 2.11. The number of hydrogen-bond acceptors (Lipinski definition) is 2. The van der Waals surface area contributed by atoms with E-state index in [1.165, 1.54) is 6.07 Å². The molecule has 0 atom stereocenters. The summed E-state index contributed by atoms with van der Waals surface area (Å²) in [4.78, 5) is 1.97. The number of anilines is 1. The van der Waals surface area contributed by atoms with Gasteiger partial charge in [0.15, 0.2) is 0 Å². The Kier molecular flexibility index (Phi) is 3.89. The Morgan fingerprint density at radius 1 is 1.36 bits per heavy atom. The predicted molar refractivity (Wildman–Crippen MR) is 58.1 cm³/mol. The number of benzene rings is 1. The monoisotopic (exact) mass is 196 g/mol. The molecule has 0 saturated heterocycles. The van der Waals surface area contributed by atoms with Gasteiger partial charge in [-0.15, -0.1) is 0 Å². The summed E-state index contributed by atoms with van der Waals surface area (Å²) in [5.74, 6) is -0.142. The molecule has 0 spiro atoms. The molecule has 0 aromatic heterocycles. The maximum absolute atomic E-state index is 13.3. The first kappa shape index (κ1) is 11.0. The maximum Gasteiger partial charge on any atom is 0.127 e. The van der Waals surface area contributed by atoms with Crippen molar-refractivity contribution in [3.05, 3.63) is 29.6 Å². The molecule has 0 saturated carbocycles. The highest BCUT2D eigenvalue weighted by atomic mass is 19.1. The van der Waals surface area contributed by atoms with Crippen LogP contribution in [0.15, 0.2) is 18.2 Å². The third-order valence-electron chi connectivity index (χ3n) is 2.11. The van der Waals surface area contributed by atoms with Gasteiger partial charge in [-0.25, -0.2) is 4.39 Å². The summed E-state index contributed by atoms with van der Waals surface area (Å²) >= 11 is 0. The van der Waals surface area contributed by atoms with Crippen molar-refractivity contribution in [1.82, 2.24) is 5.32 Å². The molecule has 1 N–H and O–H groups in total. The summed E-state index contributed by atoms with van der Waals surface area (Å²) < 4.78 is 13.3. The van der Waals surface area contributed by atoms with Gasteiger partial charge in [0.2, 0.25) is 0 Å². The molecule has 1 aromatic carbocycles. The lowest BCUT2D eigenvalue weighted by atomic mass is 10.2. The van der Waals surface area contributed by atoms with Gasteiger partial charge in [-0.05, 0) is 24.7 Å². The second-order valence-electron chi connectivity index (χ2n) is 3.45. The summed E-state index contributed by atoms with van der Waals surface area (Å²) in [5, 5.41) is 3.11. The van der Waals surface area contributed by atoms with E-state index >= 15 is 0 Å². The van der Waals surface area contributed by atoms with E-state index in [-0.39, 0.29) is 5.82 Å². The molecule has 0 bridgehead atoms. The second kappa shape index (κ2) is 4.96. The largest absolute Gasteiger partial charge is 0.378 e. The van der Waals surface area contributed by atoms with Gasteiger partial charge in [0.1, 0.15) is 5.82 Å². The van der Waals surface area contributed by atoms with Crippen molar-refractivity contribution in [2.75, 3.05) is 25.5 Å². The average Bonchev–Trinajstić information content (AvgIpc) is 2.16. The molecule has 78 valence electrons. The van der Waals surface area contributed by atoms with Crippen molar-refractivity contribution < 1.29 is 4.39 Å². The van der Waals surface area contributed by atoms with Crippen molar-refractivity contribution in [1.29, 1.82) is 0 Å². The molecule has 1 rings (SSSR count). The zero-order chi connectivity index (χ0) is 10.6. The summed E-state index contributed by atoms with van der Waals surface area (Å²) in [7, 11) is 3.90. The van der Waals surface area contributed by atoms with Crippen LogP contribution in [0.3, 0.4) is 0 Å². The van der Waals surface area contributed by atoms with Crippen molar-refractivity contribution in [2.24, 2.45) is 0 Å². The molecular formula is C11H17FN2. The minimum atomic E-state index is -0.142. The van der Waals surface area contributed by atoms with Crippen LogP contribution in [0.4, 0.5) is 10.1 Å². The maximum atomic E-state index is 13.3. The Morgan fingerprint density at radius 2 is 2.07 bits per heavy atom. The van der Waals surface area contributed by atoms with Gasteiger partial charge in [0.05, 0.1) is 0 Å². The van der Waals surface area contributed by atoms with Crippen LogP contribution in [0.1, 0.15) is 12.5 Å². The van der Waals surface area contributed by atoms with E-state index in [0.29, 0.717) is 6.54 Å². The third kappa shape index (κ3) is 2.70. The number of nitrogens with zero attached hydrogens (tertiary/aromatic N) is 1. The fourth-order valence-corrected chi connectivity index (χ4v) is 1.23. The van der Waals surface area contributed by atoms with Crippen LogP contribution in [0.2, 0.25) is 0 Å². The summed E-state index contributed by atoms with van der Waals surface area (Å²) in [6, 6.07) is 5.17. The lowest BCUT2D eigenvalue weighted by Crippen LogP contribution is -2.14. The first-order chi connectivity index (χ1) is 6.65. The Bertz CT molecular complexity index is 297. The number of nitrogens with one attached hydrogen (secondary N) is 1. The van der Waals surface area contributed by atoms with Gasteiger partial charge in [0.25, 0.3) is 0 Å². The number of hydrogen-bond donors (Lipinski definition) is 1. The van der Waals surface area contributed by atoms with Crippen LogP contribution in [-0.2, 0) is 6.54 Å². The first-order valence-corrected chi connectivity index (χ1v) is 4.81. The average molecular weight is 196 g/mol. The zero-order valence-corrected chi connectivity index (χ0v) is 8.97. The van der Waals surface area contributed by atoms with Crippen LogP contribution in [0.25, 0.3) is 0 Å². The molecule has 0 aliphatic carbocycles. The SMILES string of the molecule is CCNCc1cc(N(C)C)ccc1F. The van der Waals surface area contributed by atoms with Crippen molar-refractivity contribution in [3.63, 3.8) is 0 Å². The smallest absolute Gasteiger partial charge is 0.127 e. The minimum Gasteiger partial charge on any atom is -0.378 e. The topological polar surface area (TPSA) is 15.3 Å². The predicted octanol–water partition coefficient (Wildman–Crippen LogP) is 2.00. The normalized spacial score (nSPS) is 10.3. The molecule has 0 amide bonds. The van der Waals surface area contributed by atoms with Crippen molar-refractivity contribution >= 4 is 5.69 Å². The molecular weight excluding hydrogens is 179 g/mol. The molecule has 2 nitrogen and oxygen atoms in total. The Hall–Kier alpha value is -1.09. The highest BCUT2D eigenvalue weighted by molar-refractivity contribution is 5.47. The molecule has 0 aliphatic heterocycles. The van der Waals surface area contributed by atoms with Crippen LogP contribution >= 0.6 is 0 Å². The van der Waals surface area contributed by atoms with E-state index in [4.69, 9.17) is 0 Å². The van der Waals surface area contributed by atoms with Gasteiger partial charge < -0.3 is 10.2 Å². The standard InChI is InChI=1S/C11H17FN2/c1-4-13-8-9-7-10(14(2)3)5-6-11(9)12/h5-7,13H,4,8H2,1-3H3. The second-order valence-corrected chi connectivity index (χ2v) is 3.45. The highest BCUT2D eigenvalue weighted by Crippen LogP contribution is 2.16. The lowest BCUT2D eigenvalue weighted by molar-refractivity contribution is 0.593. The molecule has 14 heavy (non-hydrogen) atoms. The summed E-state index contributed by atoms with van der Waals surface area (Å²) in [6.07, 6.45) is 0. The van der Waals surface area contributed by atoms with E-state index < -0.39 is 0 Å². The van der Waals surface area contributed by atoms with Gasteiger partial charge >= 0.3 is 0 Å². The van der Waals surface area contributed by atoms with Crippen LogP contribution < -0.4 is 10.2 Å². The van der Waals surface area contributed by atoms with E-state index in [1.807, 2.05) is 32.0 Å². The zero-order valence-electron chi connectivity index (χ0n) is 8.97. The number of halogens is 1. The summed E-state index contributed by atoms with van der Waals surface area (Å²) in [6.45, 7) is 3.45. The molecule has 3 heteroatoms. The molecule has 0 heterocycles. The van der Waals surface area contributed by atoms with E-state index in [0.717, 1.165) is 17.8 Å². The minimum absolute atomic E-state index is 0.142. The van der Waals surface area contributed by atoms with Gasteiger partial charge in [-0.1, -0.05) is 6.92 Å². The Balaban J connectivity index is 2.85. The fourth-order valence-electron chi connectivity index (χ4n) is 1.23. The fraction of sp³-hybridized carbons (Fsp3) is 0.455. The summed E-state index contributed by atoms with van der Waals surface area (Å²) in [5.41, 5.74) is 1.75. The Morgan fingerprint density at radius 3 is 2.64 bits per heavy atom. The van der Waals surface area contributed by atoms with Gasteiger partial charge in [-0.3, -0.25) is 0 Å². The number of rotatable bonds is 4. The van der Waals surface area contributed by atoms with E-state index in [1.54, 1.807) is 6.07 Å². The molecule has 0 radical (unpaired) electrons. The Labute approximate surface area is 84.7 Å². The quantitative estimate of drug-likeness (QED) is 0.792. The van der Waals surface area contributed by atoms with Crippen LogP contribution in [0.5, 0.6) is 0 Å². The van der Waals surface area contributed by atoms with Gasteiger partial charge in [-0.2, -0.15) is 0 Å². The van der Waals surface area contributed by atoms with Gasteiger partial charge in [0, 0.05) is 31.9 Å². The molecule has 0 aliphatic rings. The lowest BCUT2D eigenvalue weighted by Gasteiger charge is -2.14. The first-order valence-electron chi connectivity index (χ1n) is 4.81.